The van der Waals surface area contributed by atoms with E-state index in [1.165, 1.54) is 6.33 Å². The number of halogens is 1. The number of aliphatic hydroxyl groups is 2. The van der Waals surface area contributed by atoms with Crippen LogP contribution in [0, 0.1) is 18.3 Å². The predicted molar refractivity (Wildman–Crippen MR) is 164 cm³/mol. The molecular formula is C31H36FN9O5. The molecule has 0 aliphatic carbocycles. The first kappa shape index (κ1) is 31.5. The lowest BCUT2D eigenvalue weighted by Gasteiger charge is -2.43. The molecular weight excluding hydrogens is 597 g/mol. The minimum absolute atomic E-state index is 0.146. The average Bonchev–Trinajstić information content (AvgIpc) is 3.05. The maximum atomic E-state index is 14.9. The van der Waals surface area contributed by atoms with Gasteiger partial charge in [0.15, 0.2) is 18.1 Å². The standard InChI is InChI=1S/C31H36FN9O5/c1-19-10-22(13-34-29(19)40-8-6-39(7-9-40)23-16-45-17-23)37-31-36-18-35-28(38-31)20-2-3-26(21(11-20)12-33)46-27-4-5-41(14-24(27)32)30(44)25(43)15-42/h2-3,10-11,13,18,23-25,27,42-43H,4-9,14-17H2,1H3,(H,35,36,37,38)/t24-,25+,27?/m1/s1. The van der Waals surface area contributed by atoms with Gasteiger partial charge in [-0.15, -0.1) is 0 Å². The molecule has 0 spiro atoms. The number of aromatic nitrogens is 4. The molecule has 6 rings (SSSR count). The Hall–Kier alpha value is -4.49. The number of aryl methyl sites for hydroxylation is 1. The number of carbonyl (C=O) groups is 1. The van der Waals surface area contributed by atoms with Gasteiger partial charge >= 0.3 is 0 Å². The van der Waals surface area contributed by atoms with Crippen LogP contribution in [0.15, 0.2) is 36.8 Å². The summed E-state index contributed by atoms with van der Waals surface area (Å²) in [5.41, 5.74) is 2.47. The normalized spacial score (nSPS) is 21.3. The number of piperidine rings is 1. The molecule has 3 aliphatic heterocycles. The summed E-state index contributed by atoms with van der Waals surface area (Å²) in [4.78, 5) is 35.8. The van der Waals surface area contributed by atoms with Gasteiger partial charge in [0.05, 0.1) is 49.9 Å². The largest absolute Gasteiger partial charge is 0.486 e. The number of likely N-dealkylation sites (tertiary alicyclic amines) is 1. The molecule has 1 aromatic carbocycles. The van der Waals surface area contributed by atoms with E-state index in [0.29, 0.717) is 23.4 Å². The molecule has 14 nitrogen and oxygen atoms in total. The number of benzene rings is 1. The molecule has 242 valence electrons. The third-order valence-corrected chi connectivity index (χ3v) is 8.52. The summed E-state index contributed by atoms with van der Waals surface area (Å²) in [6, 6.07) is 9.44. The number of aliphatic hydroxyl groups excluding tert-OH is 2. The lowest BCUT2D eigenvalue weighted by Crippen LogP contribution is -2.56. The van der Waals surface area contributed by atoms with Crippen molar-refractivity contribution in [1.29, 1.82) is 5.26 Å². The van der Waals surface area contributed by atoms with Gasteiger partial charge in [-0.1, -0.05) is 0 Å². The van der Waals surface area contributed by atoms with E-state index in [4.69, 9.17) is 19.6 Å². The second-order valence-electron chi connectivity index (χ2n) is 11.6. The number of anilines is 3. The Labute approximate surface area is 265 Å². The van der Waals surface area contributed by atoms with Crippen LogP contribution >= 0.6 is 0 Å². The average molecular weight is 634 g/mol. The van der Waals surface area contributed by atoms with E-state index in [0.717, 1.165) is 61.4 Å². The zero-order valence-electron chi connectivity index (χ0n) is 25.4. The van der Waals surface area contributed by atoms with E-state index in [1.54, 1.807) is 24.4 Å². The van der Waals surface area contributed by atoms with Crippen LogP contribution in [-0.4, -0.2) is 129 Å². The fraction of sp³-hybridized carbons (Fsp3) is 0.484. The molecule has 3 saturated heterocycles. The van der Waals surface area contributed by atoms with Crippen LogP contribution in [0.25, 0.3) is 11.4 Å². The number of pyridine rings is 1. The summed E-state index contributed by atoms with van der Waals surface area (Å²) in [7, 11) is 0. The zero-order chi connectivity index (χ0) is 32.2. The number of carbonyl (C=O) groups excluding carboxylic acids is 1. The number of hydrogen-bond donors (Lipinski definition) is 3. The third-order valence-electron chi connectivity index (χ3n) is 8.52. The van der Waals surface area contributed by atoms with Gasteiger partial charge in [-0.25, -0.2) is 19.3 Å². The van der Waals surface area contributed by atoms with Gasteiger partial charge in [0.2, 0.25) is 5.95 Å². The van der Waals surface area contributed by atoms with Crippen LogP contribution in [0.2, 0.25) is 0 Å². The minimum atomic E-state index is -1.58. The molecule has 3 fully saturated rings. The summed E-state index contributed by atoms with van der Waals surface area (Å²) in [5, 5.41) is 31.6. The van der Waals surface area contributed by atoms with Crippen LogP contribution in [0.4, 0.5) is 21.8 Å². The van der Waals surface area contributed by atoms with Crippen LogP contribution in [0.5, 0.6) is 5.75 Å². The van der Waals surface area contributed by atoms with Crippen molar-refractivity contribution in [3.63, 3.8) is 0 Å². The van der Waals surface area contributed by atoms with Crippen molar-refractivity contribution >= 4 is 23.4 Å². The van der Waals surface area contributed by atoms with Crippen molar-refractivity contribution in [2.45, 2.75) is 37.8 Å². The number of ether oxygens (including phenoxy) is 2. The van der Waals surface area contributed by atoms with Crippen molar-refractivity contribution in [1.82, 2.24) is 29.7 Å². The molecule has 0 bridgehead atoms. The number of piperazine rings is 1. The van der Waals surface area contributed by atoms with E-state index >= 15 is 0 Å². The van der Waals surface area contributed by atoms with Crippen molar-refractivity contribution in [2.24, 2.45) is 0 Å². The van der Waals surface area contributed by atoms with Crippen LogP contribution in [0.3, 0.4) is 0 Å². The van der Waals surface area contributed by atoms with Gasteiger partial charge in [0.25, 0.3) is 5.91 Å². The molecule has 3 aromatic rings. The highest BCUT2D eigenvalue weighted by atomic mass is 19.1. The number of alkyl halides is 1. The Balaban J connectivity index is 1.09. The van der Waals surface area contributed by atoms with E-state index in [1.807, 2.05) is 13.0 Å². The Morgan fingerprint density at radius 1 is 1.20 bits per heavy atom. The summed E-state index contributed by atoms with van der Waals surface area (Å²) >= 11 is 0. The molecule has 46 heavy (non-hydrogen) atoms. The fourth-order valence-corrected chi connectivity index (χ4v) is 5.85. The van der Waals surface area contributed by atoms with Gasteiger partial charge < -0.3 is 34.8 Å². The second-order valence-corrected chi connectivity index (χ2v) is 11.6. The number of amides is 1. The van der Waals surface area contributed by atoms with Crippen LogP contribution < -0.4 is 15.0 Å². The minimum Gasteiger partial charge on any atom is -0.486 e. The highest BCUT2D eigenvalue weighted by Gasteiger charge is 2.35. The molecule has 3 aliphatic rings. The van der Waals surface area contributed by atoms with E-state index in [9.17, 15) is 19.6 Å². The first-order valence-electron chi connectivity index (χ1n) is 15.3. The predicted octanol–water partition coefficient (Wildman–Crippen LogP) is 1.05. The van der Waals surface area contributed by atoms with Gasteiger partial charge in [-0.2, -0.15) is 10.2 Å². The van der Waals surface area contributed by atoms with Gasteiger partial charge in [-0.3, -0.25) is 9.69 Å². The zero-order valence-corrected chi connectivity index (χ0v) is 25.4. The molecule has 0 radical (unpaired) electrons. The first-order valence-corrected chi connectivity index (χ1v) is 15.3. The number of nitrogens with zero attached hydrogens (tertiary/aromatic N) is 8. The summed E-state index contributed by atoms with van der Waals surface area (Å²) in [6.45, 7) is 6.59. The Morgan fingerprint density at radius 3 is 2.67 bits per heavy atom. The highest BCUT2D eigenvalue weighted by Crippen LogP contribution is 2.29. The van der Waals surface area contributed by atoms with Crippen molar-refractivity contribution in [3.05, 3.63) is 47.9 Å². The number of nitriles is 1. The Kier molecular flexibility index (Phi) is 9.50. The summed E-state index contributed by atoms with van der Waals surface area (Å²) in [5.74, 6) is 1.05. The molecule has 1 amide bonds. The number of nitrogens with one attached hydrogen (secondary N) is 1. The van der Waals surface area contributed by atoms with E-state index < -0.39 is 30.9 Å². The van der Waals surface area contributed by atoms with Crippen molar-refractivity contribution in [3.8, 4) is 23.2 Å². The van der Waals surface area contributed by atoms with E-state index in [2.05, 4.69) is 36.1 Å². The molecule has 2 aromatic heterocycles. The Bertz CT molecular complexity index is 1590. The molecule has 5 heterocycles. The van der Waals surface area contributed by atoms with Crippen LogP contribution in [0.1, 0.15) is 17.5 Å². The molecule has 3 N–H and O–H groups in total. The number of hydrogen-bond acceptors (Lipinski definition) is 13. The van der Waals surface area contributed by atoms with Gasteiger partial charge in [0.1, 0.15) is 30.1 Å². The molecule has 3 atom stereocenters. The highest BCUT2D eigenvalue weighted by molar-refractivity contribution is 5.81. The van der Waals surface area contributed by atoms with Gasteiger partial charge in [-0.05, 0) is 36.8 Å². The topological polar surface area (TPSA) is 173 Å². The Morgan fingerprint density at radius 2 is 2.00 bits per heavy atom. The smallest absolute Gasteiger partial charge is 0.253 e. The lowest BCUT2D eigenvalue weighted by molar-refractivity contribution is -0.146. The number of rotatable bonds is 9. The maximum absolute atomic E-state index is 14.9. The quantitative estimate of drug-likeness (QED) is 0.306. The third kappa shape index (κ3) is 6.85. The molecule has 0 saturated carbocycles. The monoisotopic (exact) mass is 633 g/mol. The molecule has 1 unspecified atom stereocenters. The van der Waals surface area contributed by atoms with Gasteiger partial charge in [0, 0.05) is 44.7 Å². The van der Waals surface area contributed by atoms with E-state index in [-0.39, 0.29) is 30.8 Å². The van der Waals surface area contributed by atoms with Crippen molar-refractivity contribution in [2.75, 3.05) is 69.3 Å². The molecule has 15 heteroatoms. The SMILES string of the molecule is Cc1cc(Nc2ncnc(-c3ccc(OC4CCN(C(=O)[C@@H](O)CO)C[C@H]4F)c(C#N)c3)n2)cnc1N1CCN(C2COC2)CC1. The summed E-state index contributed by atoms with van der Waals surface area (Å²) < 4.78 is 26.1. The fourth-order valence-electron chi connectivity index (χ4n) is 5.85. The summed E-state index contributed by atoms with van der Waals surface area (Å²) in [6.07, 6.45) is -0.736. The first-order chi connectivity index (χ1) is 22.3. The van der Waals surface area contributed by atoms with Crippen LogP contribution in [-0.2, 0) is 9.53 Å². The van der Waals surface area contributed by atoms with Crippen molar-refractivity contribution < 1.29 is 28.9 Å². The second kappa shape index (κ2) is 13.9. The lowest BCUT2D eigenvalue weighted by atomic mass is 10.0. The maximum Gasteiger partial charge on any atom is 0.253 e.